The molecule has 0 fully saturated rings. The third-order valence-corrected chi connectivity index (χ3v) is 5.93. The van der Waals surface area contributed by atoms with E-state index in [9.17, 15) is 4.79 Å². The van der Waals surface area contributed by atoms with Crippen molar-refractivity contribution in [3.63, 3.8) is 0 Å². The molecule has 0 spiro atoms. The van der Waals surface area contributed by atoms with Crippen molar-refractivity contribution in [2.45, 2.75) is 65.2 Å². The lowest BCUT2D eigenvalue weighted by atomic mass is 9.62. The Bertz CT molecular complexity index is 844. The molecule has 0 bridgehead atoms. The van der Waals surface area contributed by atoms with Gasteiger partial charge in [0.1, 0.15) is 12.0 Å². The number of carbonyl (C=O) groups is 1. The van der Waals surface area contributed by atoms with Crippen LogP contribution in [0.3, 0.4) is 0 Å². The van der Waals surface area contributed by atoms with Crippen LogP contribution in [0.1, 0.15) is 74.5 Å². The molecule has 0 saturated heterocycles. The van der Waals surface area contributed by atoms with E-state index in [1.165, 1.54) is 35.1 Å². The summed E-state index contributed by atoms with van der Waals surface area (Å²) in [5.74, 6) is 0.785. The van der Waals surface area contributed by atoms with Crippen molar-refractivity contribution in [2.24, 2.45) is 0 Å². The molecule has 0 radical (unpaired) electrons. The molecule has 2 aromatic rings. The van der Waals surface area contributed by atoms with Gasteiger partial charge in [-0.3, -0.25) is 4.79 Å². The van der Waals surface area contributed by atoms with Crippen LogP contribution < -0.4 is 4.74 Å². The Balaban J connectivity index is 2.23. The first-order valence-electron chi connectivity index (χ1n) is 9.57. The lowest BCUT2D eigenvalue weighted by Crippen LogP contribution is -2.34. The van der Waals surface area contributed by atoms with Gasteiger partial charge in [-0.25, -0.2) is 0 Å². The topological polar surface area (TPSA) is 26.3 Å². The molecule has 0 unspecified atom stereocenters. The van der Waals surface area contributed by atoms with E-state index in [0.717, 1.165) is 17.6 Å². The van der Waals surface area contributed by atoms with E-state index in [2.05, 4.69) is 46.8 Å². The number of aryl methyl sites for hydroxylation is 1. The predicted molar refractivity (Wildman–Crippen MR) is 108 cm³/mol. The van der Waals surface area contributed by atoms with E-state index in [-0.39, 0.29) is 10.8 Å². The van der Waals surface area contributed by atoms with E-state index in [1.807, 2.05) is 25.1 Å². The van der Waals surface area contributed by atoms with Crippen molar-refractivity contribution in [1.82, 2.24) is 0 Å². The van der Waals surface area contributed by atoms with E-state index in [4.69, 9.17) is 4.74 Å². The van der Waals surface area contributed by atoms with E-state index in [0.29, 0.717) is 12.2 Å². The van der Waals surface area contributed by atoms with Gasteiger partial charge in [0.15, 0.2) is 0 Å². The molecular formula is C24H30O2. The normalized spacial score (nSPS) is 17.5. The van der Waals surface area contributed by atoms with Crippen molar-refractivity contribution in [1.29, 1.82) is 0 Å². The molecule has 26 heavy (non-hydrogen) atoms. The van der Waals surface area contributed by atoms with E-state index >= 15 is 0 Å². The maximum atomic E-state index is 11.2. The lowest BCUT2D eigenvalue weighted by molar-refractivity contribution is 0.112. The molecule has 0 saturated carbocycles. The summed E-state index contributed by atoms with van der Waals surface area (Å²) in [7, 11) is 0. The summed E-state index contributed by atoms with van der Waals surface area (Å²) in [5.41, 5.74) is 7.46. The minimum Gasteiger partial charge on any atom is -0.493 e. The maximum Gasteiger partial charge on any atom is 0.150 e. The van der Waals surface area contributed by atoms with Gasteiger partial charge in [-0.15, -0.1) is 0 Å². The number of aldehydes is 1. The average molecular weight is 351 g/mol. The highest BCUT2D eigenvalue weighted by Crippen LogP contribution is 2.48. The Hall–Kier alpha value is -2.09. The first kappa shape index (κ1) is 18.7. The second kappa shape index (κ2) is 6.57. The van der Waals surface area contributed by atoms with E-state index < -0.39 is 0 Å². The largest absolute Gasteiger partial charge is 0.493 e. The van der Waals surface area contributed by atoms with Crippen molar-refractivity contribution in [3.8, 4) is 16.9 Å². The average Bonchev–Trinajstić information content (AvgIpc) is 2.59. The smallest absolute Gasteiger partial charge is 0.150 e. The Labute approximate surface area is 157 Å². The van der Waals surface area contributed by atoms with Gasteiger partial charge in [-0.05, 0) is 78.0 Å². The Morgan fingerprint density at radius 2 is 1.58 bits per heavy atom. The number of carbonyl (C=O) groups excluding carboxylic acids is 1. The molecule has 1 aliphatic rings. The van der Waals surface area contributed by atoms with Crippen LogP contribution in [0.15, 0.2) is 30.3 Å². The third kappa shape index (κ3) is 3.18. The van der Waals surface area contributed by atoms with Crippen LogP contribution in [0, 0.1) is 6.92 Å². The van der Waals surface area contributed by atoms with Crippen molar-refractivity contribution in [3.05, 3.63) is 52.6 Å². The van der Waals surface area contributed by atoms with Crippen LogP contribution in [0.5, 0.6) is 5.75 Å². The molecule has 0 aliphatic heterocycles. The zero-order chi connectivity index (χ0) is 19.1. The van der Waals surface area contributed by atoms with Gasteiger partial charge in [0.2, 0.25) is 0 Å². The van der Waals surface area contributed by atoms with Crippen molar-refractivity contribution < 1.29 is 9.53 Å². The van der Waals surface area contributed by atoms with Crippen molar-refractivity contribution >= 4 is 6.29 Å². The molecule has 2 heteroatoms. The van der Waals surface area contributed by atoms with Gasteiger partial charge >= 0.3 is 0 Å². The Kier molecular flexibility index (Phi) is 4.72. The SMILES string of the molecule is CCOc1cc(C=O)ccc1-c1cc2c(cc1C)C(C)(C)CCC2(C)C. The molecule has 0 heterocycles. The van der Waals surface area contributed by atoms with Gasteiger partial charge in [-0.2, -0.15) is 0 Å². The van der Waals surface area contributed by atoms with Gasteiger partial charge in [-0.1, -0.05) is 39.8 Å². The quantitative estimate of drug-likeness (QED) is 0.612. The molecule has 138 valence electrons. The van der Waals surface area contributed by atoms with Crippen LogP contribution in [-0.2, 0) is 10.8 Å². The zero-order valence-electron chi connectivity index (χ0n) is 16.9. The fraction of sp³-hybridized carbons (Fsp3) is 0.458. The summed E-state index contributed by atoms with van der Waals surface area (Å²) in [6, 6.07) is 10.5. The highest BCUT2D eigenvalue weighted by molar-refractivity contribution is 5.82. The minimum atomic E-state index is 0.168. The molecule has 2 nitrogen and oxygen atoms in total. The van der Waals surface area contributed by atoms with Crippen LogP contribution in [0.25, 0.3) is 11.1 Å². The number of hydrogen-bond donors (Lipinski definition) is 0. The summed E-state index contributed by atoms with van der Waals surface area (Å²) in [5, 5.41) is 0. The lowest BCUT2D eigenvalue weighted by Gasteiger charge is -2.42. The molecule has 2 aromatic carbocycles. The van der Waals surface area contributed by atoms with Crippen LogP contribution in [0.4, 0.5) is 0 Å². The molecule has 0 atom stereocenters. The van der Waals surface area contributed by atoms with Crippen LogP contribution in [-0.4, -0.2) is 12.9 Å². The van der Waals surface area contributed by atoms with Crippen LogP contribution in [0.2, 0.25) is 0 Å². The monoisotopic (exact) mass is 350 g/mol. The standard InChI is InChI=1S/C24H30O2/c1-7-26-22-13-17(15-25)8-9-18(22)19-14-21-20(12-16(19)2)23(3,4)10-11-24(21,5)6/h8-9,12-15H,7,10-11H2,1-6H3. The number of rotatable bonds is 4. The highest BCUT2D eigenvalue weighted by Gasteiger charge is 2.37. The minimum absolute atomic E-state index is 0.168. The number of ether oxygens (including phenoxy) is 1. The second-order valence-electron chi connectivity index (χ2n) is 8.79. The summed E-state index contributed by atoms with van der Waals surface area (Å²) in [6.45, 7) is 14.1. The van der Waals surface area contributed by atoms with Crippen molar-refractivity contribution in [2.75, 3.05) is 6.61 Å². The maximum absolute atomic E-state index is 11.2. The summed E-state index contributed by atoms with van der Waals surface area (Å²) in [6.07, 6.45) is 3.28. The number of fused-ring (bicyclic) bond motifs is 1. The molecule has 0 N–H and O–H groups in total. The molecular weight excluding hydrogens is 320 g/mol. The van der Waals surface area contributed by atoms with Gasteiger partial charge < -0.3 is 4.74 Å². The third-order valence-electron chi connectivity index (χ3n) is 5.93. The van der Waals surface area contributed by atoms with Crippen LogP contribution >= 0.6 is 0 Å². The zero-order valence-corrected chi connectivity index (χ0v) is 16.9. The fourth-order valence-electron chi connectivity index (χ4n) is 4.12. The summed E-state index contributed by atoms with van der Waals surface area (Å²) >= 11 is 0. The summed E-state index contributed by atoms with van der Waals surface area (Å²) < 4.78 is 5.87. The molecule has 1 aliphatic carbocycles. The Morgan fingerprint density at radius 3 is 2.15 bits per heavy atom. The molecule has 3 rings (SSSR count). The van der Waals surface area contributed by atoms with Gasteiger partial charge in [0.05, 0.1) is 6.61 Å². The second-order valence-corrected chi connectivity index (χ2v) is 8.79. The Morgan fingerprint density at radius 1 is 0.962 bits per heavy atom. The van der Waals surface area contributed by atoms with E-state index in [1.54, 1.807) is 0 Å². The highest BCUT2D eigenvalue weighted by atomic mass is 16.5. The first-order chi connectivity index (χ1) is 12.2. The number of hydrogen-bond acceptors (Lipinski definition) is 2. The first-order valence-corrected chi connectivity index (χ1v) is 9.57. The predicted octanol–water partition coefficient (Wildman–Crippen LogP) is 6.22. The fourth-order valence-corrected chi connectivity index (χ4v) is 4.12. The van der Waals surface area contributed by atoms with Gasteiger partial charge in [0, 0.05) is 11.1 Å². The molecule has 0 aromatic heterocycles. The number of benzene rings is 2. The summed E-state index contributed by atoms with van der Waals surface area (Å²) in [4.78, 5) is 11.2. The van der Waals surface area contributed by atoms with Gasteiger partial charge in [0.25, 0.3) is 0 Å². The molecule has 0 amide bonds.